The van der Waals surface area contributed by atoms with Gasteiger partial charge in [-0.3, -0.25) is 9.59 Å². The van der Waals surface area contributed by atoms with Gasteiger partial charge in [0.25, 0.3) is 0 Å². The number of amides is 1. The first-order valence-electron chi connectivity index (χ1n) is 9.46. The average molecular weight is 492 g/mol. The molecule has 0 aromatic heterocycles. The van der Waals surface area contributed by atoms with Gasteiger partial charge in [0.05, 0.1) is 12.2 Å². The Morgan fingerprint density at radius 3 is 2.71 bits per heavy atom. The first kappa shape index (κ1) is 21.0. The first-order valence-corrected chi connectivity index (χ1v) is 10.3. The van der Waals surface area contributed by atoms with Crippen LogP contribution < -0.4 is 19.5 Å². The van der Waals surface area contributed by atoms with Gasteiger partial charge in [-0.05, 0) is 37.3 Å². The Morgan fingerprint density at radius 2 is 1.90 bits per heavy atom. The highest BCUT2D eigenvalue weighted by atomic mass is 79.9. The van der Waals surface area contributed by atoms with Gasteiger partial charge < -0.3 is 29.0 Å². The maximum Gasteiger partial charge on any atom is 0.408 e. The molecule has 2 aliphatic rings. The number of Topliss-reactive ketones (excluding diaryl/α,β-unsaturated/α-hetero) is 1. The van der Waals surface area contributed by atoms with Gasteiger partial charge in [-0.15, -0.1) is 0 Å². The van der Waals surface area contributed by atoms with Crippen LogP contribution in [0.2, 0.25) is 0 Å². The van der Waals surface area contributed by atoms with Gasteiger partial charge in [-0.2, -0.15) is 0 Å². The lowest BCUT2D eigenvalue weighted by molar-refractivity contribution is -0.141. The highest BCUT2D eigenvalue weighted by Gasteiger charge is 2.42. The molecule has 1 amide bonds. The summed E-state index contributed by atoms with van der Waals surface area (Å²) in [6, 6.07) is 10.1. The largest absolute Gasteiger partial charge is 0.481 e. The molecule has 4 rings (SSSR count). The fourth-order valence-electron chi connectivity index (χ4n) is 3.25. The summed E-state index contributed by atoms with van der Waals surface area (Å²) in [5.41, 5.74) is 0.837. The van der Waals surface area contributed by atoms with Crippen LogP contribution in [-0.4, -0.2) is 43.9 Å². The third-order valence-corrected chi connectivity index (χ3v) is 5.13. The number of nitrogens with one attached hydrogen (secondary N) is 1. The van der Waals surface area contributed by atoms with E-state index in [-0.39, 0.29) is 25.5 Å². The number of benzene rings is 2. The predicted molar refractivity (Wildman–Crippen MR) is 109 cm³/mol. The van der Waals surface area contributed by atoms with Crippen LogP contribution in [-0.2, 0) is 14.3 Å². The van der Waals surface area contributed by atoms with Gasteiger partial charge in [0.1, 0.15) is 12.3 Å². The van der Waals surface area contributed by atoms with Gasteiger partial charge in [0.2, 0.25) is 18.7 Å². The summed E-state index contributed by atoms with van der Waals surface area (Å²) in [6.07, 6.45) is -3.16. The normalized spacial score (nSPS) is 18.6. The molecule has 0 saturated heterocycles. The number of carbonyl (C=O) groups is 3. The van der Waals surface area contributed by atoms with Crippen molar-refractivity contribution in [3.05, 3.63) is 52.0 Å². The zero-order valence-corrected chi connectivity index (χ0v) is 18.0. The summed E-state index contributed by atoms with van der Waals surface area (Å²) in [5, 5.41) is 2.29. The van der Waals surface area contributed by atoms with Gasteiger partial charge in [-0.1, -0.05) is 22.0 Å². The summed E-state index contributed by atoms with van der Waals surface area (Å²) in [4.78, 5) is 37.0. The number of ether oxygens (including phenoxy) is 5. The van der Waals surface area contributed by atoms with E-state index in [2.05, 4.69) is 21.2 Å². The molecule has 0 aliphatic carbocycles. The SMILES string of the molecule is CCOC(=O)CNC(=O)O[C@@H]1C(=O)c2cc(Br)ccc2O[C@H]1c1ccc2c(c1)OCO2. The molecule has 9 nitrogen and oxygen atoms in total. The molecular formula is C21H18BrNO8. The third kappa shape index (κ3) is 4.43. The molecule has 0 unspecified atom stereocenters. The third-order valence-electron chi connectivity index (χ3n) is 4.64. The Morgan fingerprint density at radius 1 is 1.13 bits per heavy atom. The standard InChI is InChI=1S/C21H18BrNO8/c1-2-27-17(24)9-23-21(26)31-20-18(25)13-8-12(22)4-6-14(13)30-19(20)11-3-5-15-16(7-11)29-10-28-15/h3-8,19-20H,2,9-10H2,1H3,(H,23,26)/t19-,20+/m0/s1. The number of fused-ring (bicyclic) bond motifs is 2. The van der Waals surface area contributed by atoms with Crippen molar-refractivity contribution in [2.24, 2.45) is 0 Å². The maximum absolute atomic E-state index is 13.2. The molecule has 31 heavy (non-hydrogen) atoms. The molecule has 2 aromatic carbocycles. The highest BCUT2D eigenvalue weighted by molar-refractivity contribution is 9.10. The molecule has 0 spiro atoms. The predicted octanol–water partition coefficient (Wildman–Crippen LogP) is 3.15. The van der Waals surface area contributed by atoms with Crippen LogP contribution in [0.3, 0.4) is 0 Å². The van der Waals surface area contributed by atoms with Gasteiger partial charge >= 0.3 is 12.1 Å². The number of hydrogen-bond donors (Lipinski definition) is 1. The fourth-order valence-corrected chi connectivity index (χ4v) is 3.61. The molecule has 0 bridgehead atoms. The lowest BCUT2D eigenvalue weighted by Crippen LogP contribution is -2.43. The van der Waals surface area contributed by atoms with Crippen LogP contribution in [0.15, 0.2) is 40.9 Å². The minimum Gasteiger partial charge on any atom is -0.481 e. The second kappa shape index (κ2) is 8.84. The van der Waals surface area contributed by atoms with Crippen molar-refractivity contribution in [3.63, 3.8) is 0 Å². The number of esters is 1. The molecule has 162 valence electrons. The van der Waals surface area contributed by atoms with E-state index in [1.165, 1.54) is 0 Å². The van der Waals surface area contributed by atoms with Crippen LogP contribution in [0.1, 0.15) is 28.9 Å². The lowest BCUT2D eigenvalue weighted by atomic mass is 9.93. The van der Waals surface area contributed by atoms with E-state index in [1.54, 1.807) is 43.3 Å². The maximum atomic E-state index is 13.2. The first-order chi connectivity index (χ1) is 15.0. The Hall–Kier alpha value is -3.27. The molecular weight excluding hydrogens is 474 g/mol. The molecule has 2 aliphatic heterocycles. The van der Waals surface area contributed by atoms with Crippen molar-refractivity contribution in [1.29, 1.82) is 0 Å². The summed E-state index contributed by atoms with van der Waals surface area (Å²) in [5.74, 6) is 0.381. The number of hydrogen-bond acceptors (Lipinski definition) is 8. The molecule has 1 N–H and O–H groups in total. The zero-order chi connectivity index (χ0) is 22.0. The Kier molecular flexibility index (Phi) is 5.99. The van der Waals surface area contributed by atoms with Crippen molar-refractivity contribution in [2.45, 2.75) is 19.1 Å². The van der Waals surface area contributed by atoms with Crippen LogP contribution in [0, 0.1) is 0 Å². The Labute approximate surface area is 185 Å². The lowest BCUT2D eigenvalue weighted by Gasteiger charge is -2.32. The second-order valence-electron chi connectivity index (χ2n) is 6.64. The van der Waals surface area contributed by atoms with E-state index in [9.17, 15) is 14.4 Å². The zero-order valence-electron chi connectivity index (χ0n) is 16.4. The minimum atomic E-state index is -1.29. The quantitative estimate of drug-likeness (QED) is 0.635. The van der Waals surface area contributed by atoms with E-state index >= 15 is 0 Å². The van der Waals surface area contributed by atoms with Crippen LogP contribution in [0.5, 0.6) is 17.2 Å². The van der Waals surface area contributed by atoms with E-state index < -0.39 is 30.1 Å². The second-order valence-corrected chi connectivity index (χ2v) is 7.56. The van der Waals surface area contributed by atoms with Crippen molar-refractivity contribution in [2.75, 3.05) is 19.9 Å². The van der Waals surface area contributed by atoms with Crippen molar-refractivity contribution >= 4 is 33.8 Å². The fraction of sp³-hybridized carbons (Fsp3) is 0.286. The molecule has 2 heterocycles. The van der Waals surface area contributed by atoms with Crippen LogP contribution in [0.4, 0.5) is 4.79 Å². The summed E-state index contributed by atoms with van der Waals surface area (Å²) < 4.78 is 27.6. The van der Waals surface area contributed by atoms with Gasteiger partial charge in [0, 0.05) is 10.0 Å². The Bertz CT molecular complexity index is 1040. The Balaban J connectivity index is 1.61. The van der Waals surface area contributed by atoms with Crippen molar-refractivity contribution < 1.29 is 38.1 Å². The molecule has 2 aromatic rings. The summed E-state index contributed by atoms with van der Waals surface area (Å²) in [7, 11) is 0. The van der Waals surface area contributed by atoms with Crippen LogP contribution >= 0.6 is 15.9 Å². The minimum absolute atomic E-state index is 0.0935. The monoisotopic (exact) mass is 491 g/mol. The number of alkyl carbamates (subject to hydrolysis) is 1. The van der Waals surface area contributed by atoms with E-state index in [0.29, 0.717) is 27.3 Å². The molecule has 0 saturated carbocycles. The number of halogens is 1. The molecule has 0 radical (unpaired) electrons. The summed E-state index contributed by atoms with van der Waals surface area (Å²) >= 11 is 3.33. The van der Waals surface area contributed by atoms with E-state index in [0.717, 1.165) is 0 Å². The van der Waals surface area contributed by atoms with Crippen molar-refractivity contribution in [1.82, 2.24) is 5.32 Å². The number of ketones is 1. The topological polar surface area (TPSA) is 109 Å². The molecule has 10 heteroatoms. The van der Waals surface area contributed by atoms with Gasteiger partial charge in [-0.25, -0.2) is 4.79 Å². The van der Waals surface area contributed by atoms with Gasteiger partial charge in [0.15, 0.2) is 17.6 Å². The molecule has 0 fully saturated rings. The number of carbonyl (C=O) groups excluding carboxylic acids is 3. The smallest absolute Gasteiger partial charge is 0.408 e. The van der Waals surface area contributed by atoms with Crippen LogP contribution in [0.25, 0.3) is 0 Å². The van der Waals surface area contributed by atoms with Crippen molar-refractivity contribution in [3.8, 4) is 17.2 Å². The summed E-state index contributed by atoms with van der Waals surface area (Å²) in [6.45, 7) is 1.55. The van der Waals surface area contributed by atoms with E-state index in [1.807, 2.05) is 0 Å². The highest BCUT2D eigenvalue weighted by Crippen LogP contribution is 2.41. The number of rotatable bonds is 5. The molecule has 2 atom stereocenters. The average Bonchev–Trinajstić information content (AvgIpc) is 3.22. The van der Waals surface area contributed by atoms with E-state index in [4.69, 9.17) is 23.7 Å².